The van der Waals surface area contributed by atoms with Crippen molar-refractivity contribution in [2.24, 2.45) is 11.8 Å². The van der Waals surface area contributed by atoms with Gasteiger partial charge in [-0.2, -0.15) is 0 Å². The van der Waals surface area contributed by atoms with Gasteiger partial charge in [-0.3, -0.25) is 4.79 Å². The zero-order valence-corrected chi connectivity index (χ0v) is 11.6. The van der Waals surface area contributed by atoms with Crippen molar-refractivity contribution < 1.29 is 4.79 Å². The van der Waals surface area contributed by atoms with E-state index in [1.807, 2.05) is 0 Å². The van der Waals surface area contributed by atoms with Crippen LogP contribution in [0.1, 0.15) is 71.6 Å². The Labute approximate surface area is 107 Å². The van der Waals surface area contributed by atoms with E-state index in [0.717, 1.165) is 38.1 Å². The first-order valence-electron chi connectivity index (χ1n) is 7.55. The first-order chi connectivity index (χ1) is 8.27. The molecule has 1 rings (SSSR count). The Balaban J connectivity index is 2.15. The van der Waals surface area contributed by atoms with Gasteiger partial charge in [0, 0.05) is 12.5 Å². The predicted octanol–water partition coefficient (Wildman–Crippen LogP) is 3.90. The molecule has 0 aromatic heterocycles. The van der Waals surface area contributed by atoms with Crippen molar-refractivity contribution in [3.8, 4) is 0 Å². The van der Waals surface area contributed by atoms with Crippen LogP contribution in [-0.4, -0.2) is 12.5 Å². The van der Waals surface area contributed by atoms with Crippen LogP contribution >= 0.6 is 0 Å². The van der Waals surface area contributed by atoms with E-state index in [1.54, 1.807) is 0 Å². The minimum atomic E-state index is 0.310. The molecule has 2 heteroatoms. The van der Waals surface area contributed by atoms with Crippen LogP contribution in [0, 0.1) is 11.8 Å². The van der Waals surface area contributed by atoms with E-state index in [1.165, 1.54) is 32.1 Å². The number of unbranched alkanes of at least 4 members (excludes halogenated alkanes) is 2. The Kier molecular flexibility index (Phi) is 7.30. The van der Waals surface area contributed by atoms with E-state index < -0.39 is 0 Å². The molecule has 1 saturated carbocycles. The monoisotopic (exact) mass is 239 g/mol. The van der Waals surface area contributed by atoms with E-state index in [4.69, 9.17) is 0 Å². The second kappa shape index (κ2) is 8.54. The summed E-state index contributed by atoms with van der Waals surface area (Å²) in [6.45, 7) is 5.28. The van der Waals surface area contributed by atoms with Crippen LogP contribution in [0.15, 0.2) is 0 Å². The maximum absolute atomic E-state index is 11.9. The van der Waals surface area contributed by atoms with Crippen LogP contribution in [0.3, 0.4) is 0 Å². The van der Waals surface area contributed by atoms with Crippen molar-refractivity contribution in [3.05, 3.63) is 0 Å². The van der Waals surface area contributed by atoms with E-state index in [-0.39, 0.29) is 0 Å². The van der Waals surface area contributed by atoms with Crippen LogP contribution in [0.25, 0.3) is 0 Å². The molecule has 1 fully saturated rings. The fraction of sp³-hybridized carbons (Fsp3) is 0.933. The molecule has 1 aliphatic rings. The molecule has 0 saturated heterocycles. The molecule has 1 N–H and O–H groups in total. The molecule has 0 spiro atoms. The summed E-state index contributed by atoms with van der Waals surface area (Å²) in [5.41, 5.74) is 0. The molecule has 0 heterocycles. The Morgan fingerprint density at radius 2 is 1.71 bits per heavy atom. The molecule has 0 aromatic carbocycles. The summed E-state index contributed by atoms with van der Waals surface area (Å²) in [5, 5.41) is 3.07. The van der Waals surface area contributed by atoms with Gasteiger partial charge in [0.05, 0.1) is 0 Å². The third-order valence-electron chi connectivity index (χ3n) is 4.01. The van der Waals surface area contributed by atoms with E-state index >= 15 is 0 Å². The predicted molar refractivity (Wildman–Crippen MR) is 72.9 cm³/mol. The van der Waals surface area contributed by atoms with Crippen LogP contribution in [0.2, 0.25) is 0 Å². The first-order valence-corrected chi connectivity index (χ1v) is 7.55. The van der Waals surface area contributed by atoms with Crippen molar-refractivity contribution in [1.82, 2.24) is 5.32 Å². The third-order valence-corrected chi connectivity index (χ3v) is 4.01. The molecule has 17 heavy (non-hydrogen) atoms. The van der Waals surface area contributed by atoms with Gasteiger partial charge in [-0.15, -0.1) is 0 Å². The first kappa shape index (κ1) is 14.5. The topological polar surface area (TPSA) is 29.1 Å². The number of amides is 1. The quantitative estimate of drug-likeness (QED) is 0.671. The molecule has 0 radical (unpaired) electrons. The summed E-state index contributed by atoms with van der Waals surface area (Å²) in [6.07, 6.45) is 11.1. The highest BCUT2D eigenvalue weighted by Crippen LogP contribution is 2.31. The molecular formula is C15H29NO. The Bertz CT molecular complexity index is 207. The van der Waals surface area contributed by atoms with Gasteiger partial charge in [0.2, 0.25) is 5.91 Å². The summed E-state index contributed by atoms with van der Waals surface area (Å²) < 4.78 is 0. The maximum Gasteiger partial charge on any atom is 0.223 e. The van der Waals surface area contributed by atoms with Crippen LogP contribution in [0.5, 0.6) is 0 Å². The smallest absolute Gasteiger partial charge is 0.223 e. The van der Waals surface area contributed by atoms with Gasteiger partial charge >= 0.3 is 0 Å². The Morgan fingerprint density at radius 3 is 2.29 bits per heavy atom. The molecular weight excluding hydrogens is 210 g/mol. The summed E-state index contributed by atoms with van der Waals surface area (Å²) in [6, 6.07) is 0. The molecule has 1 aliphatic carbocycles. The Hall–Kier alpha value is -0.530. The van der Waals surface area contributed by atoms with E-state index in [9.17, 15) is 4.79 Å². The van der Waals surface area contributed by atoms with Crippen LogP contribution in [0.4, 0.5) is 0 Å². The molecule has 2 nitrogen and oxygen atoms in total. The van der Waals surface area contributed by atoms with Crippen molar-refractivity contribution in [1.29, 1.82) is 0 Å². The molecule has 0 unspecified atom stereocenters. The highest BCUT2D eigenvalue weighted by molar-refractivity contribution is 5.78. The summed E-state index contributed by atoms with van der Waals surface area (Å²) >= 11 is 0. The van der Waals surface area contributed by atoms with Gasteiger partial charge < -0.3 is 5.32 Å². The molecule has 0 aromatic rings. The summed E-state index contributed by atoms with van der Waals surface area (Å²) in [5.74, 6) is 1.52. The number of carbonyl (C=O) groups excluding carboxylic acids is 1. The summed E-state index contributed by atoms with van der Waals surface area (Å²) in [7, 11) is 0. The average molecular weight is 239 g/mol. The lowest BCUT2D eigenvalue weighted by atomic mass is 9.79. The molecule has 100 valence electrons. The highest BCUT2D eigenvalue weighted by atomic mass is 16.1. The minimum absolute atomic E-state index is 0.310. The van der Waals surface area contributed by atoms with Crippen molar-refractivity contribution in [2.45, 2.75) is 71.6 Å². The number of carbonyl (C=O) groups is 1. The second-order valence-electron chi connectivity index (χ2n) is 5.50. The molecule has 0 bridgehead atoms. The molecule has 0 atom stereocenters. The molecule has 0 aliphatic heterocycles. The van der Waals surface area contributed by atoms with Crippen molar-refractivity contribution in [3.63, 3.8) is 0 Å². The summed E-state index contributed by atoms with van der Waals surface area (Å²) in [4.78, 5) is 11.9. The van der Waals surface area contributed by atoms with Gasteiger partial charge in [0.1, 0.15) is 0 Å². The number of rotatable bonds is 7. The van der Waals surface area contributed by atoms with Crippen LogP contribution in [-0.2, 0) is 4.79 Å². The fourth-order valence-corrected chi connectivity index (χ4v) is 2.74. The van der Waals surface area contributed by atoms with E-state index in [0.29, 0.717) is 11.8 Å². The zero-order valence-electron chi connectivity index (χ0n) is 11.6. The number of nitrogens with one attached hydrogen (secondary N) is 1. The standard InChI is InChI=1S/C15H29NO/c1-3-5-7-13-8-10-14(11-9-13)15(17)16-12-6-4-2/h13-14H,3-12H2,1-2H3,(H,16,17). The van der Waals surface area contributed by atoms with Gasteiger partial charge in [-0.1, -0.05) is 39.5 Å². The van der Waals surface area contributed by atoms with Gasteiger partial charge in [-0.05, 0) is 38.0 Å². The lowest BCUT2D eigenvalue weighted by molar-refractivity contribution is -0.126. The largest absolute Gasteiger partial charge is 0.356 e. The van der Waals surface area contributed by atoms with Gasteiger partial charge in [0.25, 0.3) is 0 Å². The minimum Gasteiger partial charge on any atom is -0.356 e. The number of hydrogen-bond donors (Lipinski definition) is 1. The Morgan fingerprint density at radius 1 is 1.06 bits per heavy atom. The lowest BCUT2D eigenvalue weighted by Gasteiger charge is -2.27. The maximum atomic E-state index is 11.9. The second-order valence-corrected chi connectivity index (χ2v) is 5.50. The average Bonchev–Trinajstić information content (AvgIpc) is 2.37. The normalized spacial score (nSPS) is 24.6. The SMILES string of the molecule is CCCCNC(=O)C1CCC(CCCC)CC1. The van der Waals surface area contributed by atoms with E-state index in [2.05, 4.69) is 19.2 Å². The fourth-order valence-electron chi connectivity index (χ4n) is 2.74. The van der Waals surface area contributed by atoms with Crippen molar-refractivity contribution >= 4 is 5.91 Å². The number of hydrogen-bond acceptors (Lipinski definition) is 1. The zero-order chi connectivity index (χ0) is 12.5. The third kappa shape index (κ3) is 5.56. The molecule has 1 amide bonds. The highest BCUT2D eigenvalue weighted by Gasteiger charge is 2.25. The lowest BCUT2D eigenvalue weighted by Crippen LogP contribution is -2.33. The van der Waals surface area contributed by atoms with Crippen LogP contribution < -0.4 is 5.32 Å². The van der Waals surface area contributed by atoms with Gasteiger partial charge in [0.15, 0.2) is 0 Å². The van der Waals surface area contributed by atoms with Crippen molar-refractivity contribution in [2.75, 3.05) is 6.54 Å². The van der Waals surface area contributed by atoms with Gasteiger partial charge in [-0.25, -0.2) is 0 Å².